The predicted octanol–water partition coefficient (Wildman–Crippen LogP) is 2.43. The van der Waals surface area contributed by atoms with Crippen LogP contribution in [0.4, 0.5) is 0 Å². The number of amides is 2. The number of nitrogens with zero attached hydrogens (tertiary/aromatic N) is 2. The maximum Gasteiger partial charge on any atom is 0.352 e. The Morgan fingerprint density at radius 1 is 1.16 bits per heavy atom. The third-order valence-electron chi connectivity index (χ3n) is 5.90. The molecule has 0 spiro atoms. The number of carbonyl (C=O) groups excluding carboxylic acids is 2. The van der Waals surface area contributed by atoms with E-state index in [9.17, 15) is 29.7 Å². The number of fused-ring (bicyclic) bond motifs is 1. The van der Waals surface area contributed by atoms with Crippen LogP contribution in [0.2, 0.25) is 10.0 Å². The standard InChI is InChI=1S/C24H23Cl2N3O6S3/c25-14-1-2-17(26)18(7-14)37-12-19(32)27-20-22(33)29-21(24(34)35)13(11-38-23(20)29)10-36-16-3-5-28(6-4-16)15(8-30)9-31/h1-7,15,20,23,30-31H,8-12H2,(H-,27,32,34,35)/p+1/t20-,23+/m0/s1. The average Bonchev–Trinajstić information content (AvgIpc) is 2.91. The highest BCUT2D eigenvalue weighted by atomic mass is 35.5. The Morgan fingerprint density at radius 2 is 1.87 bits per heavy atom. The second-order valence-corrected chi connectivity index (χ2v) is 12.4. The summed E-state index contributed by atoms with van der Waals surface area (Å²) in [6.45, 7) is -0.386. The molecule has 9 nitrogen and oxygen atoms in total. The minimum absolute atomic E-state index is 0.0270. The molecule has 2 atom stereocenters. The smallest absolute Gasteiger partial charge is 0.352 e. The summed E-state index contributed by atoms with van der Waals surface area (Å²) in [6, 6.07) is 7.35. The van der Waals surface area contributed by atoms with Crippen molar-refractivity contribution in [3.63, 3.8) is 0 Å². The van der Waals surface area contributed by atoms with E-state index in [0.717, 1.165) is 4.90 Å². The summed E-state index contributed by atoms with van der Waals surface area (Å²) in [7, 11) is 0. The predicted molar refractivity (Wildman–Crippen MR) is 147 cm³/mol. The Labute approximate surface area is 241 Å². The summed E-state index contributed by atoms with van der Waals surface area (Å²) in [5.41, 5.74) is 0.580. The normalized spacial score (nSPS) is 18.9. The van der Waals surface area contributed by atoms with E-state index in [2.05, 4.69) is 5.32 Å². The largest absolute Gasteiger partial charge is 0.477 e. The number of nitrogens with one attached hydrogen (secondary N) is 1. The van der Waals surface area contributed by atoms with Crippen molar-refractivity contribution in [2.45, 2.75) is 27.2 Å². The van der Waals surface area contributed by atoms with E-state index in [-0.39, 0.29) is 30.6 Å². The van der Waals surface area contributed by atoms with Gasteiger partial charge < -0.3 is 20.6 Å². The number of aliphatic carboxylic acids is 1. The van der Waals surface area contributed by atoms with Crippen molar-refractivity contribution >= 4 is 76.3 Å². The number of rotatable bonds is 11. The first-order valence-corrected chi connectivity index (χ1v) is 15.1. The molecule has 14 heteroatoms. The molecule has 1 aromatic carbocycles. The van der Waals surface area contributed by atoms with Gasteiger partial charge in [-0.1, -0.05) is 23.2 Å². The summed E-state index contributed by atoms with van der Waals surface area (Å²) < 4.78 is 1.70. The lowest BCUT2D eigenvalue weighted by atomic mass is 10.0. The van der Waals surface area contributed by atoms with Crippen molar-refractivity contribution in [1.29, 1.82) is 0 Å². The molecule has 4 N–H and O–H groups in total. The molecule has 3 heterocycles. The van der Waals surface area contributed by atoms with Gasteiger partial charge in [-0.05, 0) is 23.8 Å². The fourth-order valence-electron chi connectivity index (χ4n) is 3.92. The summed E-state index contributed by atoms with van der Waals surface area (Å²) in [4.78, 5) is 40.3. The summed E-state index contributed by atoms with van der Waals surface area (Å²) in [6.07, 6.45) is 3.48. The van der Waals surface area contributed by atoms with Gasteiger partial charge in [0.2, 0.25) is 11.9 Å². The molecule has 0 unspecified atom stereocenters. The van der Waals surface area contributed by atoms with Gasteiger partial charge >= 0.3 is 5.97 Å². The van der Waals surface area contributed by atoms with Crippen LogP contribution in [-0.2, 0) is 14.4 Å². The van der Waals surface area contributed by atoms with Gasteiger partial charge in [0.05, 0.1) is 10.8 Å². The molecule has 1 saturated heterocycles. The monoisotopic (exact) mass is 616 g/mol. The van der Waals surface area contributed by atoms with Crippen molar-refractivity contribution in [3.8, 4) is 0 Å². The van der Waals surface area contributed by atoms with Crippen molar-refractivity contribution in [2.24, 2.45) is 0 Å². The van der Waals surface area contributed by atoms with Crippen molar-refractivity contribution < 1.29 is 34.3 Å². The zero-order valence-electron chi connectivity index (χ0n) is 19.8. The highest BCUT2D eigenvalue weighted by molar-refractivity contribution is 8.01. The van der Waals surface area contributed by atoms with Crippen LogP contribution in [0.15, 0.2) is 63.8 Å². The number of aliphatic hydroxyl groups is 2. The Hall–Kier alpha value is -1.93. The van der Waals surface area contributed by atoms with Gasteiger partial charge in [0.1, 0.15) is 30.3 Å². The van der Waals surface area contributed by atoms with Crippen LogP contribution in [0.3, 0.4) is 0 Å². The number of pyridine rings is 1. The van der Waals surface area contributed by atoms with Gasteiger partial charge in [0, 0.05) is 38.5 Å². The van der Waals surface area contributed by atoms with Crippen LogP contribution in [0.5, 0.6) is 0 Å². The number of hydrogen-bond donors (Lipinski definition) is 4. The lowest BCUT2D eigenvalue weighted by Crippen LogP contribution is -2.70. The molecule has 2 aliphatic heterocycles. The average molecular weight is 618 g/mol. The van der Waals surface area contributed by atoms with Crippen LogP contribution in [0, 0.1) is 0 Å². The second-order valence-electron chi connectivity index (χ2n) is 8.36. The lowest BCUT2D eigenvalue weighted by molar-refractivity contribution is -0.726. The van der Waals surface area contributed by atoms with Gasteiger partial charge in [-0.25, -0.2) is 4.79 Å². The zero-order valence-corrected chi connectivity index (χ0v) is 23.7. The van der Waals surface area contributed by atoms with Crippen LogP contribution in [0.25, 0.3) is 0 Å². The molecule has 0 saturated carbocycles. The number of aliphatic hydroxyl groups excluding tert-OH is 2. The molecule has 202 valence electrons. The first-order valence-electron chi connectivity index (χ1n) is 11.4. The lowest BCUT2D eigenvalue weighted by Gasteiger charge is -2.49. The van der Waals surface area contributed by atoms with Crippen LogP contribution in [0.1, 0.15) is 6.04 Å². The minimum atomic E-state index is -1.19. The van der Waals surface area contributed by atoms with Gasteiger partial charge in [-0.15, -0.1) is 35.3 Å². The third kappa shape index (κ3) is 6.44. The van der Waals surface area contributed by atoms with Crippen LogP contribution in [-0.4, -0.2) is 79.9 Å². The van der Waals surface area contributed by atoms with Gasteiger partial charge in [-0.3, -0.25) is 14.5 Å². The van der Waals surface area contributed by atoms with Crippen LogP contribution >= 0.6 is 58.5 Å². The SMILES string of the molecule is O=C(CSc1cc(Cl)ccc1Cl)N[C@H]1C(=O)N2C(C(=O)O)=C(CSc3cc[n+](C(CO)CO)cc3)CS[C@H]12. The van der Waals surface area contributed by atoms with Crippen LogP contribution < -0.4 is 9.88 Å². The molecule has 4 rings (SSSR count). The first-order chi connectivity index (χ1) is 18.2. The fourth-order valence-corrected chi connectivity index (χ4v) is 7.59. The third-order valence-corrected chi connectivity index (χ3v) is 10.1. The Bertz CT molecular complexity index is 1260. The quantitative estimate of drug-likeness (QED) is 0.171. The number of aromatic nitrogens is 1. The number of β-lactam (4-membered cyclic amide) rings is 1. The van der Waals surface area contributed by atoms with Gasteiger partial charge in [0.15, 0.2) is 12.4 Å². The summed E-state index contributed by atoms with van der Waals surface area (Å²) in [5, 5.41) is 31.7. The number of halogens is 2. The molecule has 1 fully saturated rings. The summed E-state index contributed by atoms with van der Waals surface area (Å²) in [5.74, 6) is -1.20. The fraction of sp³-hybridized carbons (Fsp3) is 0.333. The molecule has 1 aromatic heterocycles. The first kappa shape index (κ1) is 29.1. The van der Waals surface area contributed by atoms with E-state index >= 15 is 0 Å². The zero-order chi connectivity index (χ0) is 27.4. The number of thioether (sulfide) groups is 3. The molecule has 0 aliphatic carbocycles. The minimum Gasteiger partial charge on any atom is -0.477 e. The van der Waals surface area contributed by atoms with Crippen molar-refractivity contribution in [2.75, 3.05) is 30.5 Å². The number of carbonyl (C=O) groups is 3. The molecule has 38 heavy (non-hydrogen) atoms. The van der Waals surface area contributed by atoms with E-state index in [1.54, 1.807) is 35.2 Å². The molecule has 2 amide bonds. The molecule has 2 aliphatic rings. The summed E-state index contributed by atoms with van der Waals surface area (Å²) >= 11 is 16.2. The molecule has 0 radical (unpaired) electrons. The number of carboxylic acid groups (broad SMARTS) is 1. The van der Waals surface area contributed by atoms with Crippen molar-refractivity contribution in [1.82, 2.24) is 10.2 Å². The second kappa shape index (κ2) is 12.9. The molecule has 0 bridgehead atoms. The maximum atomic E-state index is 12.9. The molecular formula is C24H24Cl2N3O6S3+. The van der Waals surface area contributed by atoms with E-state index in [4.69, 9.17) is 23.2 Å². The molecule has 2 aromatic rings. The molecular weight excluding hydrogens is 593 g/mol. The van der Waals surface area contributed by atoms with E-state index in [1.165, 1.54) is 40.2 Å². The highest BCUT2D eigenvalue weighted by Gasteiger charge is 2.54. The number of hydrogen-bond acceptors (Lipinski definition) is 8. The van der Waals surface area contributed by atoms with E-state index < -0.39 is 29.3 Å². The Morgan fingerprint density at radius 3 is 2.53 bits per heavy atom. The Balaban J connectivity index is 1.37. The maximum absolute atomic E-state index is 12.9. The topological polar surface area (TPSA) is 131 Å². The Kier molecular flexibility index (Phi) is 9.90. The van der Waals surface area contributed by atoms with Gasteiger partial charge in [-0.2, -0.15) is 4.57 Å². The number of carboxylic acids is 1. The van der Waals surface area contributed by atoms with Gasteiger partial charge in [0.25, 0.3) is 5.91 Å². The number of benzene rings is 1. The van der Waals surface area contributed by atoms with E-state index in [0.29, 0.717) is 32.0 Å². The van der Waals surface area contributed by atoms with E-state index in [1.807, 2.05) is 12.1 Å². The van der Waals surface area contributed by atoms with Crippen molar-refractivity contribution in [3.05, 3.63) is 64.0 Å². The highest BCUT2D eigenvalue weighted by Crippen LogP contribution is 2.41.